The minimum Gasteiger partial charge on any atom is -0.444 e. The molecule has 26 heavy (non-hydrogen) atoms. The summed E-state index contributed by atoms with van der Waals surface area (Å²) in [5.74, 6) is 0.675. The van der Waals surface area contributed by atoms with Gasteiger partial charge in [-0.2, -0.15) is 5.10 Å². The highest BCUT2D eigenvalue weighted by molar-refractivity contribution is 6.62. The van der Waals surface area contributed by atoms with Crippen LogP contribution in [0.3, 0.4) is 0 Å². The summed E-state index contributed by atoms with van der Waals surface area (Å²) < 4.78 is 5.42. The Morgan fingerprint density at radius 1 is 1.15 bits per heavy atom. The van der Waals surface area contributed by atoms with Gasteiger partial charge in [0.2, 0.25) is 0 Å². The number of hydrogen-bond donors (Lipinski definition) is 2. The van der Waals surface area contributed by atoms with E-state index in [2.05, 4.69) is 10.2 Å². The molecule has 0 saturated carbocycles. The minimum atomic E-state index is -1.57. The molecule has 8 nitrogen and oxygen atoms in total. The maximum Gasteiger partial charge on any atom is 0.489 e. The van der Waals surface area contributed by atoms with Crippen molar-refractivity contribution >= 4 is 35.3 Å². The fraction of sp³-hybridized carbons (Fsp3) is 0.471. The van der Waals surface area contributed by atoms with E-state index in [9.17, 15) is 14.8 Å². The normalized spacial score (nSPS) is 15.3. The number of fused-ring (bicyclic) bond motifs is 1. The minimum absolute atomic E-state index is 0.313. The molecule has 0 radical (unpaired) electrons. The van der Waals surface area contributed by atoms with Crippen molar-refractivity contribution in [1.29, 1.82) is 0 Å². The van der Waals surface area contributed by atoms with E-state index < -0.39 is 12.7 Å². The van der Waals surface area contributed by atoms with E-state index in [1.165, 1.54) is 6.20 Å². The molecule has 0 aliphatic carbocycles. The van der Waals surface area contributed by atoms with Gasteiger partial charge in [0.05, 0.1) is 6.20 Å². The molecule has 1 amide bonds. The van der Waals surface area contributed by atoms with Crippen molar-refractivity contribution in [2.75, 3.05) is 31.1 Å². The van der Waals surface area contributed by atoms with E-state index in [0.29, 0.717) is 42.8 Å². The first-order valence-electron chi connectivity index (χ1n) is 8.59. The van der Waals surface area contributed by atoms with Crippen LogP contribution in [0.15, 0.2) is 24.4 Å². The topological polar surface area (TPSA) is 99.0 Å². The molecule has 9 heteroatoms. The van der Waals surface area contributed by atoms with Crippen LogP contribution in [0, 0.1) is 0 Å². The lowest BCUT2D eigenvalue weighted by Crippen LogP contribution is -2.50. The molecule has 0 unspecified atom stereocenters. The molecular formula is C17H23BN4O4. The smallest absolute Gasteiger partial charge is 0.444 e. The Kier molecular flexibility index (Phi) is 5.02. The number of ether oxygens (including phenoxy) is 1. The standard InChI is InChI=1S/C17H23BN4O4/c1-17(2,3)26-16(23)22-9-7-21(8-10-22)15-12-5-4-6-14(18(24)25)13(12)11-19-20-15/h4-6,11,24-25H,7-10H2,1-3H3. The quantitative estimate of drug-likeness (QED) is 0.748. The molecule has 1 saturated heterocycles. The lowest BCUT2D eigenvalue weighted by molar-refractivity contribution is 0.0240. The maximum atomic E-state index is 12.2. The van der Waals surface area contributed by atoms with Crippen LogP contribution in [0.25, 0.3) is 10.8 Å². The Hall–Kier alpha value is -2.39. The number of hydrogen-bond acceptors (Lipinski definition) is 7. The molecule has 1 fully saturated rings. The molecule has 1 aromatic carbocycles. The number of amides is 1. The van der Waals surface area contributed by atoms with Gasteiger partial charge in [-0.1, -0.05) is 18.2 Å². The summed E-state index contributed by atoms with van der Waals surface area (Å²) in [5, 5.41) is 28.8. The molecule has 2 N–H and O–H groups in total. The van der Waals surface area contributed by atoms with Crippen molar-refractivity contribution in [1.82, 2.24) is 15.1 Å². The Morgan fingerprint density at radius 3 is 2.46 bits per heavy atom. The number of aromatic nitrogens is 2. The van der Waals surface area contributed by atoms with E-state index in [0.717, 1.165) is 5.39 Å². The molecule has 0 bridgehead atoms. The second kappa shape index (κ2) is 7.09. The third-order valence-electron chi connectivity index (χ3n) is 4.23. The van der Waals surface area contributed by atoms with E-state index in [1.54, 1.807) is 17.0 Å². The van der Waals surface area contributed by atoms with Crippen LogP contribution in [0.1, 0.15) is 20.8 Å². The van der Waals surface area contributed by atoms with E-state index in [1.807, 2.05) is 31.7 Å². The van der Waals surface area contributed by atoms with Crippen LogP contribution in [0.2, 0.25) is 0 Å². The Bertz CT molecular complexity index is 801. The van der Waals surface area contributed by atoms with Crippen molar-refractivity contribution in [3.05, 3.63) is 24.4 Å². The van der Waals surface area contributed by atoms with Gasteiger partial charge in [-0.3, -0.25) is 0 Å². The summed E-state index contributed by atoms with van der Waals surface area (Å²) in [5.41, 5.74) is -0.123. The second-order valence-corrected chi connectivity index (χ2v) is 7.30. The summed E-state index contributed by atoms with van der Waals surface area (Å²) in [4.78, 5) is 15.9. The van der Waals surface area contributed by atoms with Crippen LogP contribution in [0.4, 0.5) is 10.6 Å². The van der Waals surface area contributed by atoms with Crippen LogP contribution in [0.5, 0.6) is 0 Å². The van der Waals surface area contributed by atoms with Gasteiger partial charge >= 0.3 is 13.2 Å². The number of rotatable bonds is 2. The van der Waals surface area contributed by atoms with Gasteiger partial charge in [-0.15, -0.1) is 5.10 Å². The fourth-order valence-corrected chi connectivity index (χ4v) is 3.00. The van der Waals surface area contributed by atoms with Gasteiger partial charge in [0.1, 0.15) is 5.60 Å². The molecular weight excluding hydrogens is 335 g/mol. The second-order valence-electron chi connectivity index (χ2n) is 7.30. The van der Waals surface area contributed by atoms with Gasteiger partial charge < -0.3 is 24.6 Å². The molecule has 3 rings (SSSR count). The first kappa shape index (κ1) is 18.4. The lowest BCUT2D eigenvalue weighted by atomic mass is 9.77. The largest absolute Gasteiger partial charge is 0.489 e. The highest BCUT2D eigenvalue weighted by Gasteiger charge is 2.27. The summed E-state index contributed by atoms with van der Waals surface area (Å²) in [7, 11) is -1.57. The molecule has 1 aliphatic heterocycles. The van der Waals surface area contributed by atoms with E-state index in [4.69, 9.17) is 4.74 Å². The fourth-order valence-electron chi connectivity index (χ4n) is 3.00. The zero-order valence-electron chi connectivity index (χ0n) is 15.2. The van der Waals surface area contributed by atoms with Crippen LogP contribution in [-0.4, -0.2) is 70.1 Å². The van der Waals surface area contributed by atoms with Crippen LogP contribution in [-0.2, 0) is 4.74 Å². The van der Waals surface area contributed by atoms with Crippen molar-refractivity contribution in [3.8, 4) is 0 Å². The van der Waals surface area contributed by atoms with Gasteiger partial charge in [0.25, 0.3) is 0 Å². The zero-order chi connectivity index (χ0) is 18.9. The van der Waals surface area contributed by atoms with E-state index >= 15 is 0 Å². The lowest BCUT2D eigenvalue weighted by Gasteiger charge is -2.36. The molecule has 1 aromatic heterocycles. The molecule has 2 aromatic rings. The molecule has 138 valence electrons. The third-order valence-corrected chi connectivity index (χ3v) is 4.23. The number of piperazine rings is 1. The zero-order valence-corrected chi connectivity index (χ0v) is 15.2. The maximum absolute atomic E-state index is 12.2. The molecule has 0 atom stereocenters. The Balaban J connectivity index is 1.78. The first-order chi connectivity index (χ1) is 12.3. The number of carbonyl (C=O) groups excluding carboxylic acids is 1. The molecule has 1 aliphatic rings. The van der Waals surface area contributed by atoms with Crippen LogP contribution >= 0.6 is 0 Å². The van der Waals surface area contributed by atoms with Crippen molar-refractivity contribution in [3.63, 3.8) is 0 Å². The highest BCUT2D eigenvalue weighted by atomic mass is 16.6. The number of carbonyl (C=O) groups is 1. The third kappa shape index (κ3) is 3.89. The monoisotopic (exact) mass is 358 g/mol. The SMILES string of the molecule is CC(C)(C)OC(=O)N1CCN(c2nncc3c(B(O)O)cccc23)CC1. The molecule has 0 spiro atoms. The van der Waals surface area contributed by atoms with Gasteiger partial charge in [0, 0.05) is 37.0 Å². The summed E-state index contributed by atoms with van der Waals surface area (Å²) in [6, 6.07) is 5.30. The van der Waals surface area contributed by atoms with Crippen LogP contribution < -0.4 is 10.4 Å². The van der Waals surface area contributed by atoms with Gasteiger partial charge in [0.15, 0.2) is 5.82 Å². The Labute approximate surface area is 152 Å². The van der Waals surface area contributed by atoms with Crippen molar-refractivity contribution in [2.24, 2.45) is 0 Å². The van der Waals surface area contributed by atoms with E-state index in [-0.39, 0.29) is 6.09 Å². The number of anilines is 1. The van der Waals surface area contributed by atoms with Crippen molar-refractivity contribution < 1.29 is 19.6 Å². The average Bonchev–Trinajstić information content (AvgIpc) is 2.59. The first-order valence-corrected chi connectivity index (χ1v) is 8.59. The summed E-state index contributed by atoms with van der Waals surface area (Å²) in [6.07, 6.45) is 1.22. The predicted molar refractivity (Wildman–Crippen MR) is 99.4 cm³/mol. The number of benzene rings is 1. The summed E-state index contributed by atoms with van der Waals surface area (Å²) in [6.45, 7) is 7.78. The van der Waals surface area contributed by atoms with Gasteiger partial charge in [-0.25, -0.2) is 4.79 Å². The highest BCUT2D eigenvalue weighted by Crippen LogP contribution is 2.24. The molecule has 2 heterocycles. The number of nitrogens with zero attached hydrogens (tertiary/aromatic N) is 4. The summed E-state index contributed by atoms with van der Waals surface area (Å²) >= 11 is 0. The van der Waals surface area contributed by atoms with Gasteiger partial charge in [-0.05, 0) is 26.2 Å². The Morgan fingerprint density at radius 2 is 1.85 bits per heavy atom. The van der Waals surface area contributed by atoms with Crippen molar-refractivity contribution in [2.45, 2.75) is 26.4 Å². The predicted octanol–water partition coefficient (Wildman–Crippen LogP) is 0.367. The average molecular weight is 358 g/mol.